The van der Waals surface area contributed by atoms with Crippen molar-refractivity contribution in [2.45, 2.75) is 20.8 Å². The third-order valence-corrected chi connectivity index (χ3v) is 4.46. The highest BCUT2D eigenvalue weighted by Crippen LogP contribution is 2.33. The van der Waals surface area contributed by atoms with Gasteiger partial charge >= 0.3 is 0 Å². The Hall–Kier alpha value is -2.34. The molecule has 0 heterocycles. The standard InChI is InChI=1S/C23H24/c1-17-15-18(2)23(19(3)16-17)22(21-12-6-7-13-21)14-8-11-20-9-4-5-10-20/h4-16,20-21H,1-3H3/b11-8-,22-14+. The Balaban J connectivity index is 1.99. The van der Waals surface area contributed by atoms with Crippen molar-refractivity contribution in [3.05, 3.63) is 101 Å². The Morgan fingerprint density at radius 2 is 1.39 bits per heavy atom. The second kappa shape index (κ2) is 6.83. The van der Waals surface area contributed by atoms with E-state index in [1.807, 2.05) is 0 Å². The summed E-state index contributed by atoms with van der Waals surface area (Å²) in [5.74, 6) is 0.803. The van der Waals surface area contributed by atoms with Gasteiger partial charge in [-0.3, -0.25) is 0 Å². The van der Waals surface area contributed by atoms with Crippen LogP contribution in [0.4, 0.5) is 0 Å². The molecular formula is C23H24. The lowest BCUT2D eigenvalue weighted by Gasteiger charge is -2.18. The molecule has 1 aromatic carbocycles. The highest BCUT2D eigenvalue weighted by Gasteiger charge is 2.16. The van der Waals surface area contributed by atoms with Gasteiger partial charge in [0.25, 0.3) is 0 Å². The monoisotopic (exact) mass is 300 g/mol. The van der Waals surface area contributed by atoms with Crippen LogP contribution < -0.4 is 0 Å². The van der Waals surface area contributed by atoms with Gasteiger partial charge in [-0.25, -0.2) is 0 Å². The summed E-state index contributed by atoms with van der Waals surface area (Å²) in [5, 5.41) is 0. The number of benzene rings is 1. The minimum absolute atomic E-state index is 0.370. The van der Waals surface area contributed by atoms with Gasteiger partial charge in [-0.05, 0) is 43.0 Å². The number of aryl methyl sites for hydroxylation is 3. The molecule has 3 rings (SSSR count). The maximum Gasteiger partial charge on any atom is 0.0210 e. The van der Waals surface area contributed by atoms with Gasteiger partial charge in [0.05, 0.1) is 0 Å². The van der Waals surface area contributed by atoms with Gasteiger partial charge in [-0.2, -0.15) is 0 Å². The molecule has 0 aliphatic heterocycles. The zero-order valence-corrected chi connectivity index (χ0v) is 14.2. The van der Waals surface area contributed by atoms with E-state index in [0.29, 0.717) is 11.8 Å². The molecule has 116 valence electrons. The summed E-state index contributed by atoms with van der Waals surface area (Å²) in [6.07, 6.45) is 24.2. The zero-order chi connectivity index (χ0) is 16.2. The second-order valence-electron chi connectivity index (χ2n) is 6.42. The first kappa shape index (κ1) is 15.6. The lowest BCUT2D eigenvalue weighted by Crippen LogP contribution is -2.01. The van der Waals surface area contributed by atoms with Crippen LogP contribution in [0.5, 0.6) is 0 Å². The summed E-state index contributed by atoms with van der Waals surface area (Å²) in [6.45, 7) is 6.61. The maximum absolute atomic E-state index is 2.29. The van der Waals surface area contributed by atoms with Crippen molar-refractivity contribution in [1.29, 1.82) is 0 Å². The van der Waals surface area contributed by atoms with Gasteiger partial charge in [0.2, 0.25) is 0 Å². The Labute approximate surface area is 139 Å². The van der Waals surface area contributed by atoms with Crippen molar-refractivity contribution in [3.8, 4) is 0 Å². The molecule has 2 aliphatic rings. The van der Waals surface area contributed by atoms with E-state index in [9.17, 15) is 0 Å². The van der Waals surface area contributed by atoms with Crippen molar-refractivity contribution < 1.29 is 0 Å². The first-order valence-electron chi connectivity index (χ1n) is 8.32. The fourth-order valence-electron chi connectivity index (χ4n) is 3.50. The molecule has 23 heavy (non-hydrogen) atoms. The zero-order valence-electron chi connectivity index (χ0n) is 14.2. The lowest BCUT2D eigenvalue weighted by molar-refractivity contribution is 1.08. The molecule has 0 aromatic heterocycles. The molecule has 0 unspecified atom stereocenters. The number of rotatable bonds is 4. The molecule has 0 nitrogen and oxygen atoms in total. The predicted octanol–water partition coefficient (Wildman–Crippen LogP) is 6.04. The summed E-state index contributed by atoms with van der Waals surface area (Å²) in [4.78, 5) is 0. The highest BCUT2D eigenvalue weighted by atomic mass is 14.2. The van der Waals surface area contributed by atoms with Gasteiger partial charge in [0, 0.05) is 11.8 Å². The van der Waals surface area contributed by atoms with E-state index in [1.165, 1.54) is 27.8 Å². The lowest BCUT2D eigenvalue weighted by atomic mass is 9.86. The summed E-state index contributed by atoms with van der Waals surface area (Å²) in [7, 11) is 0. The van der Waals surface area contributed by atoms with Crippen LogP contribution in [0.25, 0.3) is 5.57 Å². The van der Waals surface area contributed by atoms with Gasteiger partial charge < -0.3 is 0 Å². The van der Waals surface area contributed by atoms with Crippen molar-refractivity contribution in [1.82, 2.24) is 0 Å². The first-order chi connectivity index (χ1) is 11.1. The van der Waals surface area contributed by atoms with Gasteiger partial charge in [-0.15, -0.1) is 0 Å². The van der Waals surface area contributed by atoms with Gasteiger partial charge in [0.1, 0.15) is 0 Å². The molecule has 0 amide bonds. The molecule has 0 spiro atoms. The third kappa shape index (κ3) is 3.53. The largest absolute Gasteiger partial charge is 0.0738 e. The molecule has 0 bridgehead atoms. The summed E-state index contributed by atoms with van der Waals surface area (Å²) < 4.78 is 0. The number of allylic oxidation sites excluding steroid dienone is 12. The fourth-order valence-corrected chi connectivity index (χ4v) is 3.50. The van der Waals surface area contributed by atoms with E-state index in [2.05, 4.69) is 99.7 Å². The highest BCUT2D eigenvalue weighted by molar-refractivity contribution is 5.77. The minimum Gasteiger partial charge on any atom is -0.0738 e. The van der Waals surface area contributed by atoms with E-state index in [1.54, 1.807) is 0 Å². The first-order valence-corrected chi connectivity index (χ1v) is 8.32. The molecule has 0 atom stereocenters. The molecule has 0 fully saturated rings. The minimum atomic E-state index is 0.370. The van der Waals surface area contributed by atoms with Crippen molar-refractivity contribution >= 4 is 5.57 Å². The molecule has 1 aromatic rings. The molecule has 2 aliphatic carbocycles. The third-order valence-electron chi connectivity index (χ3n) is 4.46. The fraction of sp³-hybridized carbons (Fsp3) is 0.217. The molecular weight excluding hydrogens is 276 g/mol. The summed E-state index contributed by atoms with van der Waals surface area (Å²) in [6, 6.07) is 4.56. The molecule has 0 saturated carbocycles. The average molecular weight is 300 g/mol. The van der Waals surface area contributed by atoms with E-state index in [4.69, 9.17) is 0 Å². The number of hydrogen-bond donors (Lipinski definition) is 0. The van der Waals surface area contributed by atoms with Crippen LogP contribution in [-0.2, 0) is 0 Å². The van der Waals surface area contributed by atoms with Crippen molar-refractivity contribution in [2.24, 2.45) is 11.8 Å². The normalized spacial score (nSPS) is 18.1. The molecule has 0 radical (unpaired) electrons. The Bertz CT molecular complexity index is 716. The maximum atomic E-state index is 2.29. The van der Waals surface area contributed by atoms with Gasteiger partial charge in [-0.1, -0.05) is 84.5 Å². The van der Waals surface area contributed by atoms with E-state index in [-0.39, 0.29) is 0 Å². The summed E-state index contributed by atoms with van der Waals surface area (Å²) in [5.41, 5.74) is 6.82. The molecule has 0 N–H and O–H groups in total. The Morgan fingerprint density at radius 3 is 2.00 bits per heavy atom. The Morgan fingerprint density at radius 1 is 0.826 bits per heavy atom. The van der Waals surface area contributed by atoms with Crippen molar-refractivity contribution in [3.63, 3.8) is 0 Å². The van der Waals surface area contributed by atoms with Crippen molar-refractivity contribution in [2.75, 3.05) is 0 Å². The SMILES string of the molecule is Cc1cc(C)c(/C(=C/C=C\C2C=CC=C2)C2C=CC=C2)c(C)c1. The van der Waals surface area contributed by atoms with Crippen LogP contribution in [0.1, 0.15) is 22.3 Å². The molecule has 0 heteroatoms. The number of hydrogen-bond acceptors (Lipinski definition) is 0. The summed E-state index contributed by atoms with van der Waals surface area (Å²) >= 11 is 0. The quantitative estimate of drug-likeness (QED) is 0.595. The van der Waals surface area contributed by atoms with E-state index >= 15 is 0 Å². The average Bonchev–Trinajstić information content (AvgIpc) is 3.18. The van der Waals surface area contributed by atoms with Crippen LogP contribution in [0.2, 0.25) is 0 Å². The molecule has 0 saturated heterocycles. The second-order valence-corrected chi connectivity index (χ2v) is 6.42. The van der Waals surface area contributed by atoms with Crippen LogP contribution in [0, 0.1) is 32.6 Å². The smallest absolute Gasteiger partial charge is 0.0210 e. The van der Waals surface area contributed by atoms with Crippen LogP contribution in [0.15, 0.2) is 79.0 Å². The Kier molecular flexibility index (Phi) is 4.62. The van der Waals surface area contributed by atoms with Gasteiger partial charge in [0.15, 0.2) is 0 Å². The predicted molar refractivity (Wildman–Crippen MR) is 101 cm³/mol. The van der Waals surface area contributed by atoms with Crippen LogP contribution in [-0.4, -0.2) is 0 Å². The van der Waals surface area contributed by atoms with Crippen LogP contribution >= 0.6 is 0 Å². The van der Waals surface area contributed by atoms with E-state index in [0.717, 1.165) is 0 Å². The van der Waals surface area contributed by atoms with Crippen LogP contribution in [0.3, 0.4) is 0 Å². The van der Waals surface area contributed by atoms with E-state index < -0.39 is 0 Å². The topological polar surface area (TPSA) is 0 Å².